The molecule has 2 aliphatic rings. The predicted octanol–water partition coefficient (Wildman–Crippen LogP) is 2.49. The highest BCUT2D eigenvalue weighted by Gasteiger charge is 2.54. The molecule has 172 valence electrons. The molecule has 2 aliphatic heterocycles. The van der Waals surface area contributed by atoms with Crippen molar-refractivity contribution in [3.05, 3.63) is 0 Å². The van der Waals surface area contributed by atoms with E-state index in [-0.39, 0.29) is 32.7 Å². The lowest BCUT2D eigenvalue weighted by Gasteiger charge is -2.39. The number of hydrogen-bond donors (Lipinski definition) is 0. The van der Waals surface area contributed by atoms with Crippen molar-refractivity contribution in [3.63, 3.8) is 0 Å². The van der Waals surface area contributed by atoms with Gasteiger partial charge >= 0.3 is 11.9 Å². The van der Waals surface area contributed by atoms with Gasteiger partial charge in [0.05, 0.1) is 25.4 Å². The molecule has 0 aromatic heterocycles. The molecule has 0 aromatic rings. The van der Waals surface area contributed by atoms with Crippen LogP contribution in [0.2, 0.25) is 0 Å². The molecule has 2 fully saturated rings. The van der Waals surface area contributed by atoms with Crippen LogP contribution in [0.4, 0.5) is 0 Å². The zero-order chi connectivity index (χ0) is 22.7. The Morgan fingerprint density at radius 1 is 0.742 bits per heavy atom. The van der Waals surface area contributed by atoms with Gasteiger partial charge in [-0.1, -0.05) is 12.8 Å². The topological polar surface area (TPSA) is 107 Å². The lowest BCUT2D eigenvalue weighted by atomic mass is 9.71. The molecule has 0 amide bonds. The van der Waals surface area contributed by atoms with Crippen molar-refractivity contribution in [1.82, 2.24) is 9.80 Å². The molecular formula is C23H36N4O4. The Bertz CT molecular complexity index is 631. The van der Waals surface area contributed by atoms with Crippen molar-refractivity contribution < 1.29 is 19.1 Å². The van der Waals surface area contributed by atoms with Gasteiger partial charge in [0.15, 0.2) is 10.8 Å². The number of likely N-dealkylation sites (tertiary alicyclic amines) is 2. The van der Waals surface area contributed by atoms with Gasteiger partial charge in [0, 0.05) is 19.5 Å². The van der Waals surface area contributed by atoms with Crippen LogP contribution in [0, 0.1) is 33.5 Å². The number of rotatable bonds is 10. The standard InChI is InChI=1S/C23H36N4O4/c1-3-30-20(28)22(16-24,18-26-11-7-5-8-12-26)15-23(17-25,21(29)31-4-2)19-27-13-9-6-10-14-27/h3-15,18-19H2,1-2H3/t22-,23+. The van der Waals surface area contributed by atoms with Gasteiger partial charge in [0.25, 0.3) is 0 Å². The van der Waals surface area contributed by atoms with E-state index in [0.29, 0.717) is 0 Å². The molecule has 0 unspecified atom stereocenters. The van der Waals surface area contributed by atoms with Crippen molar-refractivity contribution >= 4 is 11.9 Å². The fraction of sp³-hybridized carbons (Fsp3) is 0.826. The van der Waals surface area contributed by atoms with Gasteiger partial charge in [0.1, 0.15) is 0 Å². The summed E-state index contributed by atoms with van der Waals surface area (Å²) in [6.45, 7) is 7.11. The largest absolute Gasteiger partial charge is 0.465 e. The second-order valence-corrected chi connectivity index (χ2v) is 8.68. The van der Waals surface area contributed by atoms with Gasteiger partial charge in [-0.25, -0.2) is 0 Å². The third-order valence-electron chi connectivity index (χ3n) is 6.25. The van der Waals surface area contributed by atoms with Crippen LogP contribution in [0.3, 0.4) is 0 Å². The fourth-order valence-corrected chi connectivity index (χ4v) is 4.68. The molecule has 0 spiro atoms. The first-order chi connectivity index (χ1) is 14.9. The molecule has 31 heavy (non-hydrogen) atoms. The monoisotopic (exact) mass is 432 g/mol. The summed E-state index contributed by atoms with van der Waals surface area (Å²) in [5.41, 5.74) is -3.21. The Labute approximate surface area is 186 Å². The number of nitriles is 2. The molecule has 0 N–H and O–H groups in total. The van der Waals surface area contributed by atoms with Crippen LogP contribution in [0.25, 0.3) is 0 Å². The Morgan fingerprint density at radius 3 is 1.39 bits per heavy atom. The summed E-state index contributed by atoms with van der Waals surface area (Å²) in [5, 5.41) is 20.5. The minimum Gasteiger partial charge on any atom is -0.465 e. The summed E-state index contributed by atoms with van der Waals surface area (Å²) in [7, 11) is 0. The molecule has 8 heteroatoms. The van der Waals surface area contributed by atoms with E-state index in [2.05, 4.69) is 21.9 Å². The van der Waals surface area contributed by atoms with Gasteiger partial charge in [0.2, 0.25) is 0 Å². The third-order valence-corrected chi connectivity index (χ3v) is 6.25. The van der Waals surface area contributed by atoms with Crippen LogP contribution in [-0.4, -0.2) is 74.2 Å². The summed E-state index contributed by atoms with van der Waals surface area (Å²) >= 11 is 0. The van der Waals surface area contributed by atoms with Crippen LogP contribution >= 0.6 is 0 Å². The summed E-state index contributed by atoms with van der Waals surface area (Å²) in [6.07, 6.45) is 6.01. The fourth-order valence-electron chi connectivity index (χ4n) is 4.68. The average molecular weight is 433 g/mol. The summed E-state index contributed by atoms with van der Waals surface area (Å²) < 4.78 is 10.6. The zero-order valence-corrected chi connectivity index (χ0v) is 19.0. The molecule has 8 nitrogen and oxygen atoms in total. The molecule has 0 aliphatic carbocycles. The second kappa shape index (κ2) is 12.0. The maximum atomic E-state index is 13.1. The Kier molecular flexibility index (Phi) is 9.74. The molecule has 0 bridgehead atoms. The lowest BCUT2D eigenvalue weighted by Crippen LogP contribution is -2.53. The summed E-state index contributed by atoms with van der Waals surface area (Å²) in [4.78, 5) is 30.3. The van der Waals surface area contributed by atoms with Crippen LogP contribution in [-0.2, 0) is 19.1 Å². The molecule has 0 aromatic carbocycles. The quantitative estimate of drug-likeness (QED) is 0.485. The predicted molar refractivity (Wildman–Crippen MR) is 115 cm³/mol. The number of ether oxygens (including phenoxy) is 2. The van der Waals surface area contributed by atoms with Crippen molar-refractivity contribution in [2.45, 2.75) is 58.8 Å². The van der Waals surface area contributed by atoms with E-state index in [9.17, 15) is 20.1 Å². The third kappa shape index (κ3) is 6.41. The van der Waals surface area contributed by atoms with E-state index in [0.717, 1.165) is 64.7 Å². The van der Waals surface area contributed by atoms with E-state index in [1.807, 2.05) is 0 Å². The van der Waals surface area contributed by atoms with Crippen molar-refractivity contribution in [2.75, 3.05) is 52.5 Å². The Balaban J connectivity index is 2.40. The number of carbonyl (C=O) groups excluding carboxylic acids is 2. The molecule has 2 saturated heterocycles. The minimum atomic E-state index is -1.61. The number of carbonyl (C=O) groups is 2. The van der Waals surface area contributed by atoms with Gasteiger partial charge < -0.3 is 19.3 Å². The van der Waals surface area contributed by atoms with E-state index < -0.39 is 22.8 Å². The highest BCUT2D eigenvalue weighted by Crippen LogP contribution is 2.39. The lowest BCUT2D eigenvalue weighted by molar-refractivity contribution is -0.161. The molecular weight excluding hydrogens is 396 g/mol. The van der Waals surface area contributed by atoms with E-state index in [1.54, 1.807) is 13.8 Å². The van der Waals surface area contributed by atoms with E-state index in [1.165, 1.54) is 0 Å². The first kappa shape index (κ1) is 25.1. The smallest absolute Gasteiger partial charge is 0.327 e. The molecule has 0 radical (unpaired) electrons. The van der Waals surface area contributed by atoms with E-state index >= 15 is 0 Å². The maximum Gasteiger partial charge on any atom is 0.327 e. The molecule has 2 atom stereocenters. The molecule has 0 saturated carbocycles. The van der Waals surface area contributed by atoms with Crippen LogP contribution in [0.5, 0.6) is 0 Å². The van der Waals surface area contributed by atoms with Crippen LogP contribution in [0.1, 0.15) is 58.8 Å². The minimum absolute atomic E-state index is 0.132. The van der Waals surface area contributed by atoms with Crippen molar-refractivity contribution in [3.8, 4) is 12.1 Å². The van der Waals surface area contributed by atoms with Crippen LogP contribution in [0.15, 0.2) is 0 Å². The van der Waals surface area contributed by atoms with Crippen molar-refractivity contribution in [1.29, 1.82) is 10.5 Å². The van der Waals surface area contributed by atoms with Gasteiger partial charge in [-0.3, -0.25) is 9.59 Å². The normalized spacial score (nSPS) is 21.7. The Morgan fingerprint density at radius 2 is 1.10 bits per heavy atom. The number of piperidine rings is 2. The number of hydrogen-bond acceptors (Lipinski definition) is 8. The highest BCUT2D eigenvalue weighted by atomic mass is 16.5. The van der Waals surface area contributed by atoms with Crippen LogP contribution < -0.4 is 0 Å². The van der Waals surface area contributed by atoms with E-state index in [4.69, 9.17) is 9.47 Å². The molecule has 2 rings (SSSR count). The number of esters is 2. The van der Waals surface area contributed by atoms with Crippen molar-refractivity contribution in [2.24, 2.45) is 10.8 Å². The maximum absolute atomic E-state index is 13.1. The second-order valence-electron chi connectivity index (χ2n) is 8.68. The summed E-state index contributed by atoms with van der Waals surface area (Å²) in [5.74, 6) is -1.32. The number of nitrogens with zero attached hydrogens (tertiary/aromatic N) is 4. The SMILES string of the molecule is CCOC(=O)[C@@](C#N)(CN1CCCCC1)C[C@@](C#N)(CN1CCCCC1)C(=O)OCC. The average Bonchev–Trinajstić information content (AvgIpc) is 2.79. The molecule has 2 heterocycles. The van der Waals surface area contributed by atoms with Gasteiger partial charge in [-0.2, -0.15) is 10.5 Å². The van der Waals surface area contributed by atoms with Gasteiger partial charge in [-0.05, 0) is 65.7 Å². The van der Waals surface area contributed by atoms with Gasteiger partial charge in [-0.15, -0.1) is 0 Å². The summed E-state index contributed by atoms with van der Waals surface area (Å²) in [6, 6.07) is 4.36. The zero-order valence-electron chi connectivity index (χ0n) is 19.0. The first-order valence-corrected chi connectivity index (χ1v) is 11.6. The highest BCUT2D eigenvalue weighted by molar-refractivity contribution is 5.85. The Hall–Kier alpha value is -2.16. The first-order valence-electron chi connectivity index (χ1n) is 11.6.